The molecule has 0 heterocycles. The summed E-state index contributed by atoms with van der Waals surface area (Å²) < 4.78 is 0.838. The summed E-state index contributed by atoms with van der Waals surface area (Å²) in [6.45, 7) is 14.5. The quantitative estimate of drug-likeness (QED) is 0.222. The molecule has 0 bridgehead atoms. The van der Waals surface area contributed by atoms with Gasteiger partial charge in [-0.1, -0.05) is 0 Å². The van der Waals surface area contributed by atoms with Crippen LogP contribution in [0.5, 0.6) is 0 Å². The second kappa shape index (κ2) is 11.4. The van der Waals surface area contributed by atoms with Crippen molar-refractivity contribution in [2.75, 3.05) is 13.3 Å². The summed E-state index contributed by atoms with van der Waals surface area (Å²) >= 11 is -0.372. The van der Waals surface area contributed by atoms with Crippen molar-refractivity contribution < 1.29 is 0 Å². The SMILES string of the molecule is CCCCC1=C(C)[CH]([Sn][CH3])c2cc(P(C)C)c(CCCC)c(CCCC)c21. The van der Waals surface area contributed by atoms with Crippen LogP contribution >= 0.6 is 7.92 Å². The Labute approximate surface area is 181 Å². The van der Waals surface area contributed by atoms with Crippen molar-refractivity contribution in [3.63, 3.8) is 0 Å². The van der Waals surface area contributed by atoms with E-state index >= 15 is 0 Å². The molecule has 2 radical (unpaired) electrons. The first-order valence-electron chi connectivity index (χ1n) is 11.2. The van der Waals surface area contributed by atoms with Crippen LogP contribution in [0.4, 0.5) is 0 Å². The summed E-state index contributed by atoms with van der Waals surface area (Å²) in [5.74, 6) is 0. The van der Waals surface area contributed by atoms with E-state index in [9.17, 15) is 0 Å². The van der Waals surface area contributed by atoms with E-state index in [0.717, 1.165) is 3.93 Å². The van der Waals surface area contributed by atoms with Crippen LogP contribution in [0.25, 0.3) is 5.57 Å². The first-order valence-corrected chi connectivity index (χ1v) is 18.0. The standard InChI is InChI=1S/C24H38P.CH3.Sn/c1-7-10-13-20-18(4)16-19-17-23(25(5)6)21(14-11-8-2)22(24(19)20)15-12-9-3;;/h16-17H,7-15H2,1-6H3;1H3;. The second-order valence-corrected chi connectivity index (χ2v) is 14.0. The number of rotatable bonds is 11. The number of hydrogen-bond donors (Lipinski definition) is 0. The zero-order valence-electron chi connectivity index (χ0n) is 19.0. The molecule has 2 heteroatoms. The van der Waals surface area contributed by atoms with Crippen LogP contribution in [0.15, 0.2) is 11.6 Å². The normalized spacial score (nSPS) is 16.5. The molecule has 0 spiro atoms. The van der Waals surface area contributed by atoms with Gasteiger partial charge in [0.1, 0.15) is 0 Å². The molecule has 27 heavy (non-hydrogen) atoms. The van der Waals surface area contributed by atoms with Gasteiger partial charge in [-0.2, -0.15) is 0 Å². The van der Waals surface area contributed by atoms with Crippen LogP contribution in [-0.2, 0) is 12.8 Å². The fraction of sp³-hybridized carbons (Fsp3) is 0.680. The van der Waals surface area contributed by atoms with Gasteiger partial charge in [0.05, 0.1) is 0 Å². The minimum atomic E-state index is -0.372. The fourth-order valence-corrected chi connectivity index (χ4v) is 9.14. The molecule has 0 saturated carbocycles. The molecule has 0 aliphatic heterocycles. The van der Waals surface area contributed by atoms with Gasteiger partial charge in [-0.05, 0) is 0 Å². The molecule has 0 saturated heterocycles. The Kier molecular flexibility index (Phi) is 9.90. The summed E-state index contributed by atoms with van der Waals surface area (Å²) in [6.07, 6.45) is 11.9. The molecule has 150 valence electrons. The molecule has 0 amide bonds. The van der Waals surface area contributed by atoms with Crippen LogP contribution in [0.3, 0.4) is 0 Å². The van der Waals surface area contributed by atoms with Crippen LogP contribution < -0.4 is 5.30 Å². The predicted molar refractivity (Wildman–Crippen MR) is 129 cm³/mol. The van der Waals surface area contributed by atoms with Gasteiger partial charge in [-0.3, -0.25) is 0 Å². The van der Waals surface area contributed by atoms with Crippen molar-refractivity contribution in [3.8, 4) is 0 Å². The molecular weight excluding hydrogens is 450 g/mol. The Morgan fingerprint density at radius 1 is 0.889 bits per heavy atom. The Hall–Kier alpha value is 0.189. The van der Waals surface area contributed by atoms with Gasteiger partial charge in [0.2, 0.25) is 0 Å². The predicted octanol–water partition coefficient (Wildman–Crippen LogP) is 7.51. The third kappa shape index (κ3) is 5.22. The fourth-order valence-electron chi connectivity index (χ4n) is 4.68. The first-order chi connectivity index (χ1) is 13.0. The van der Waals surface area contributed by atoms with E-state index in [1.807, 2.05) is 0 Å². The summed E-state index contributed by atoms with van der Waals surface area (Å²) in [6, 6.07) is 2.71. The second-order valence-electron chi connectivity index (χ2n) is 8.41. The van der Waals surface area contributed by atoms with Gasteiger partial charge >= 0.3 is 182 Å². The maximum absolute atomic E-state index is 2.71. The van der Waals surface area contributed by atoms with E-state index in [4.69, 9.17) is 0 Å². The van der Waals surface area contributed by atoms with Crippen molar-refractivity contribution in [1.29, 1.82) is 0 Å². The molecule has 0 nitrogen and oxygen atoms in total. The van der Waals surface area contributed by atoms with E-state index < -0.39 is 0 Å². The maximum atomic E-state index is 2.71. The number of benzene rings is 1. The monoisotopic (exact) mass is 492 g/mol. The summed E-state index contributed by atoms with van der Waals surface area (Å²) in [5, 5.41) is 1.74. The molecule has 1 aromatic carbocycles. The molecular formula is C25H41PSn. The van der Waals surface area contributed by atoms with Crippen molar-refractivity contribution >= 4 is 39.9 Å². The van der Waals surface area contributed by atoms with Crippen molar-refractivity contribution in [2.24, 2.45) is 0 Å². The van der Waals surface area contributed by atoms with E-state index in [1.165, 1.54) is 57.8 Å². The number of fused-ring (bicyclic) bond motifs is 1. The average molecular weight is 491 g/mol. The van der Waals surface area contributed by atoms with Crippen molar-refractivity contribution in [3.05, 3.63) is 33.9 Å². The van der Waals surface area contributed by atoms with Crippen molar-refractivity contribution in [1.82, 2.24) is 0 Å². The van der Waals surface area contributed by atoms with Crippen LogP contribution in [-0.4, -0.2) is 34.5 Å². The van der Waals surface area contributed by atoms with Gasteiger partial charge in [0.15, 0.2) is 0 Å². The van der Waals surface area contributed by atoms with E-state index in [0.29, 0.717) is 0 Å². The molecule has 0 aromatic heterocycles. The molecule has 1 aliphatic carbocycles. The topological polar surface area (TPSA) is 0 Å². The Morgan fingerprint density at radius 3 is 1.96 bits per heavy atom. The van der Waals surface area contributed by atoms with Crippen molar-refractivity contribution in [2.45, 2.75) is 94.4 Å². The van der Waals surface area contributed by atoms with Gasteiger partial charge in [0.25, 0.3) is 0 Å². The van der Waals surface area contributed by atoms with Gasteiger partial charge in [-0.15, -0.1) is 0 Å². The molecule has 2 rings (SSSR count). The first kappa shape index (κ1) is 23.5. The minimum absolute atomic E-state index is 0.0338. The summed E-state index contributed by atoms with van der Waals surface area (Å²) in [4.78, 5) is 2.56. The summed E-state index contributed by atoms with van der Waals surface area (Å²) in [5.41, 5.74) is 10.6. The number of allylic oxidation sites excluding steroid dienone is 2. The molecule has 1 atom stereocenters. The average Bonchev–Trinajstić information content (AvgIpc) is 2.92. The molecule has 1 aliphatic rings. The van der Waals surface area contributed by atoms with Crippen LogP contribution in [0.2, 0.25) is 4.94 Å². The third-order valence-electron chi connectivity index (χ3n) is 6.19. The Bertz CT molecular complexity index is 657. The molecule has 1 unspecified atom stereocenters. The Balaban J connectivity index is 2.71. The summed E-state index contributed by atoms with van der Waals surface area (Å²) in [7, 11) is -0.0338. The van der Waals surface area contributed by atoms with Crippen LogP contribution in [0.1, 0.15) is 98.8 Å². The number of unbranched alkanes of at least 4 members (excludes halogenated alkanes) is 3. The van der Waals surface area contributed by atoms with Gasteiger partial charge in [0, 0.05) is 0 Å². The van der Waals surface area contributed by atoms with E-state index in [1.54, 1.807) is 38.7 Å². The Morgan fingerprint density at radius 2 is 1.44 bits per heavy atom. The van der Waals surface area contributed by atoms with Crippen LogP contribution in [0, 0.1) is 0 Å². The van der Waals surface area contributed by atoms with Gasteiger partial charge in [-0.25, -0.2) is 0 Å². The number of hydrogen-bond acceptors (Lipinski definition) is 0. The molecule has 1 aromatic rings. The van der Waals surface area contributed by atoms with E-state index in [-0.39, 0.29) is 29.1 Å². The van der Waals surface area contributed by atoms with Gasteiger partial charge < -0.3 is 0 Å². The molecule has 0 N–H and O–H groups in total. The van der Waals surface area contributed by atoms with E-state index in [2.05, 4.69) is 52.0 Å². The molecule has 0 fully saturated rings. The zero-order valence-corrected chi connectivity index (χ0v) is 22.7. The third-order valence-corrected chi connectivity index (χ3v) is 11.3. The zero-order chi connectivity index (χ0) is 20.0.